The largest absolute Gasteiger partial charge is 0.435 e. The second-order valence-corrected chi connectivity index (χ2v) is 5.04. The van der Waals surface area contributed by atoms with E-state index in [9.17, 15) is 13.6 Å². The molecule has 116 valence electrons. The van der Waals surface area contributed by atoms with Crippen LogP contribution in [0.1, 0.15) is 30.1 Å². The monoisotopic (exact) mass is 298 g/mol. The lowest BCUT2D eigenvalue weighted by molar-refractivity contribution is -0.0498. The molecule has 1 N–H and O–H groups in total. The number of ether oxygens (including phenoxy) is 1. The molecule has 1 fully saturated rings. The Labute approximate surface area is 123 Å². The van der Waals surface area contributed by atoms with Crippen molar-refractivity contribution in [3.8, 4) is 5.75 Å². The number of hydrogen-bond donors (Lipinski definition) is 1. The number of carbonyl (C=O) groups is 1. The maximum absolute atomic E-state index is 12.4. The number of nitrogens with zero attached hydrogens (tertiary/aromatic N) is 1. The van der Waals surface area contributed by atoms with Gasteiger partial charge in [0.15, 0.2) is 0 Å². The van der Waals surface area contributed by atoms with E-state index < -0.39 is 6.61 Å². The molecule has 1 aliphatic rings. The summed E-state index contributed by atoms with van der Waals surface area (Å²) in [5.41, 5.74) is 0.483. The van der Waals surface area contributed by atoms with Gasteiger partial charge < -0.3 is 15.0 Å². The summed E-state index contributed by atoms with van der Waals surface area (Å²) in [5, 5.41) is 3.36. The summed E-state index contributed by atoms with van der Waals surface area (Å²) in [6.07, 6.45) is 2.21. The Kier molecular flexibility index (Phi) is 5.50. The lowest BCUT2D eigenvalue weighted by atomic mass is 10.1. The van der Waals surface area contributed by atoms with E-state index in [-0.39, 0.29) is 11.7 Å². The number of alkyl halides is 2. The van der Waals surface area contributed by atoms with Crippen LogP contribution in [0.25, 0.3) is 0 Å². The van der Waals surface area contributed by atoms with Gasteiger partial charge in [-0.25, -0.2) is 0 Å². The molecule has 0 aromatic heterocycles. The first-order chi connectivity index (χ1) is 10.1. The fourth-order valence-electron chi connectivity index (χ4n) is 2.50. The lowest BCUT2D eigenvalue weighted by Crippen LogP contribution is -2.41. The third-order valence-corrected chi connectivity index (χ3v) is 3.60. The van der Waals surface area contributed by atoms with Gasteiger partial charge in [-0.1, -0.05) is 0 Å². The number of halogens is 2. The predicted molar refractivity (Wildman–Crippen MR) is 75.7 cm³/mol. The second kappa shape index (κ2) is 7.36. The van der Waals surface area contributed by atoms with E-state index in [4.69, 9.17) is 0 Å². The molecular weight excluding hydrogens is 278 g/mol. The minimum atomic E-state index is -2.85. The number of amides is 1. The highest BCUT2D eigenvalue weighted by atomic mass is 19.3. The van der Waals surface area contributed by atoms with Crippen molar-refractivity contribution in [2.24, 2.45) is 0 Å². The number of carbonyl (C=O) groups excluding carboxylic acids is 1. The third kappa shape index (κ3) is 4.39. The van der Waals surface area contributed by atoms with Crippen LogP contribution in [0.15, 0.2) is 24.3 Å². The van der Waals surface area contributed by atoms with Gasteiger partial charge in [-0.05, 0) is 50.6 Å². The van der Waals surface area contributed by atoms with Crippen molar-refractivity contribution in [1.29, 1.82) is 0 Å². The van der Waals surface area contributed by atoms with Crippen molar-refractivity contribution in [2.75, 3.05) is 19.6 Å². The molecule has 2 rings (SSSR count). The van der Waals surface area contributed by atoms with Gasteiger partial charge in [-0.3, -0.25) is 4.79 Å². The second-order valence-electron chi connectivity index (χ2n) is 5.04. The number of benzene rings is 1. The number of nitrogens with one attached hydrogen (secondary N) is 1. The van der Waals surface area contributed by atoms with Gasteiger partial charge in [0.05, 0.1) is 0 Å². The molecule has 1 aromatic rings. The van der Waals surface area contributed by atoms with E-state index in [0.717, 1.165) is 19.4 Å². The topological polar surface area (TPSA) is 41.6 Å². The van der Waals surface area contributed by atoms with Crippen LogP contribution in [0, 0.1) is 0 Å². The van der Waals surface area contributed by atoms with Crippen molar-refractivity contribution in [3.05, 3.63) is 29.8 Å². The van der Waals surface area contributed by atoms with Crippen molar-refractivity contribution in [3.63, 3.8) is 0 Å². The summed E-state index contributed by atoms with van der Waals surface area (Å²) in [7, 11) is 0. The van der Waals surface area contributed by atoms with Crippen LogP contribution >= 0.6 is 0 Å². The fourth-order valence-corrected chi connectivity index (χ4v) is 2.50. The average Bonchev–Trinajstić information content (AvgIpc) is 2.97. The Hall–Kier alpha value is -1.69. The number of rotatable bonds is 6. The van der Waals surface area contributed by atoms with Gasteiger partial charge in [0.1, 0.15) is 5.75 Å². The zero-order chi connectivity index (χ0) is 15.2. The molecule has 0 spiro atoms. The maximum Gasteiger partial charge on any atom is 0.387 e. The summed E-state index contributed by atoms with van der Waals surface area (Å²) in [4.78, 5) is 14.2. The fraction of sp³-hybridized carbons (Fsp3) is 0.533. The van der Waals surface area contributed by atoms with Crippen LogP contribution in [0.2, 0.25) is 0 Å². The lowest BCUT2D eigenvalue weighted by Gasteiger charge is -2.24. The highest BCUT2D eigenvalue weighted by Crippen LogP contribution is 2.17. The van der Waals surface area contributed by atoms with Crippen molar-refractivity contribution in [1.82, 2.24) is 10.2 Å². The smallest absolute Gasteiger partial charge is 0.387 e. The molecule has 0 aliphatic carbocycles. The predicted octanol–water partition coefficient (Wildman–Crippen LogP) is 2.50. The SMILES string of the molecule is CCN(CC1CCCN1)C(=O)c1ccc(OC(F)F)cc1. The summed E-state index contributed by atoms with van der Waals surface area (Å²) in [5.74, 6) is -0.0307. The Morgan fingerprint density at radius 1 is 1.43 bits per heavy atom. The molecule has 1 saturated heterocycles. The van der Waals surface area contributed by atoms with E-state index >= 15 is 0 Å². The van der Waals surface area contributed by atoms with Crippen molar-refractivity contribution < 1.29 is 18.3 Å². The Morgan fingerprint density at radius 3 is 2.67 bits per heavy atom. The standard InChI is InChI=1S/C15H20F2N2O2/c1-2-19(10-12-4-3-9-18-12)14(20)11-5-7-13(8-6-11)21-15(16)17/h5-8,12,15,18H,2-4,9-10H2,1H3. The highest BCUT2D eigenvalue weighted by molar-refractivity contribution is 5.94. The Bertz CT molecular complexity index is 459. The van der Waals surface area contributed by atoms with E-state index in [1.54, 1.807) is 4.90 Å². The zero-order valence-electron chi connectivity index (χ0n) is 12.0. The van der Waals surface area contributed by atoms with Crippen LogP contribution in [0.5, 0.6) is 5.75 Å². The van der Waals surface area contributed by atoms with E-state index in [2.05, 4.69) is 10.1 Å². The third-order valence-electron chi connectivity index (χ3n) is 3.60. The van der Waals surface area contributed by atoms with E-state index in [0.29, 0.717) is 24.7 Å². The number of hydrogen-bond acceptors (Lipinski definition) is 3. The maximum atomic E-state index is 12.4. The van der Waals surface area contributed by atoms with Gasteiger partial charge in [0.2, 0.25) is 0 Å². The summed E-state index contributed by atoms with van der Waals surface area (Å²) in [6, 6.07) is 6.16. The van der Waals surface area contributed by atoms with Crippen LogP contribution in [0.3, 0.4) is 0 Å². The molecule has 4 nitrogen and oxygen atoms in total. The quantitative estimate of drug-likeness (QED) is 0.877. The minimum absolute atomic E-state index is 0.0575. The van der Waals surface area contributed by atoms with Gasteiger partial charge >= 0.3 is 6.61 Å². The Morgan fingerprint density at radius 2 is 2.14 bits per heavy atom. The number of likely N-dealkylation sites (N-methyl/N-ethyl adjacent to an activating group) is 1. The van der Waals surface area contributed by atoms with Gasteiger partial charge in [0, 0.05) is 24.7 Å². The zero-order valence-corrected chi connectivity index (χ0v) is 12.0. The molecule has 21 heavy (non-hydrogen) atoms. The molecule has 6 heteroatoms. The molecule has 1 heterocycles. The van der Waals surface area contributed by atoms with E-state index in [1.807, 2.05) is 6.92 Å². The van der Waals surface area contributed by atoms with Crippen LogP contribution < -0.4 is 10.1 Å². The van der Waals surface area contributed by atoms with Crippen LogP contribution in [-0.4, -0.2) is 43.1 Å². The van der Waals surface area contributed by atoms with Crippen LogP contribution in [0.4, 0.5) is 8.78 Å². The van der Waals surface area contributed by atoms with E-state index in [1.165, 1.54) is 24.3 Å². The molecule has 0 bridgehead atoms. The average molecular weight is 298 g/mol. The molecule has 1 atom stereocenters. The molecular formula is C15H20F2N2O2. The highest BCUT2D eigenvalue weighted by Gasteiger charge is 2.21. The molecule has 1 unspecified atom stereocenters. The summed E-state index contributed by atoms with van der Waals surface area (Å²) < 4.78 is 28.4. The normalized spacial score (nSPS) is 18.0. The molecule has 1 aliphatic heterocycles. The van der Waals surface area contributed by atoms with Gasteiger partial charge in [-0.15, -0.1) is 0 Å². The van der Waals surface area contributed by atoms with Crippen molar-refractivity contribution >= 4 is 5.91 Å². The first-order valence-electron chi connectivity index (χ1n) is 7.17. The summed E-state index contributed by atoms with van der Waals surface area (Å²) >= 11 is 0. The molecule has 0 saturated carbocycles. The van der Waals surface area contributed by atoms with Gasteiger partial charge in [0.25, 0.3) is 5.91 Å². The van der Waals surface area contributed by atoms with Crippen LogP contribution in [-0.2, 0) is 0 Å². The molecule has 1 aromatic carbocycles. The van der Waals surface area contributed by atoms with Crippen molar-refractivity contribution in [2.45, 2.75) is 32.4 Å². The first kappa shape index (κ1) is 15.7. The molecule has 1 amide bonds. The van der Waals surface area contributed by atoms with Gasteiger partial charge in [-0.2, -0.15) is 8.78 Å². The minimum Gasteiger partial charge on any atom is -0.435 e. The summed E-state index contributed by atoms with van der Waals surface area (Å²) in [6.45, 7) is 1.36. The molecule has 0 radical (unpaired) electrons. The first-order valence-corrected chi connectivity index (χ1v) is 7.17. The Balaban J connectivity index is 1.99.